The van der Waals surface area contributed by atoms with E-state index in [1.165, 1.54) is 0 Å². The van der Waals surface area contributed by atoms with Crippen molar-refractivity contribution in [2.75, 3.05) is 19.0 Å². The number of thiocarbonyl (C=S) groups is 1. The van der Waals surface area contributed by atoms with Crippen molar-refractivity contribution in [3.8, 4) is 23.0 Å². The van der Waals surface area contributed by atoms with E-state index in [-0.39, 0.29) is 11.0 Å². The number of fused-ring (bicyclic) bond motifs is 1. The fraction of sp³-hybridized carbons (Fsp3) is 0.160. The Kier molecular flexibility index (Phi) is 7.00. The zero-order chi connectivity index (χ0) is 24.2. The van der Waals surface area contributed by atoms with Gasteiger partial charge in [-0.05, 0) is 74.1 Å². The van der Waals surface area contributed by atoms with Gasteiger partial charge in [0.05, 0.1) is 18.7 Å². The summed E-state index contributed by atoms with van der Waals surface area (Å²) in [5.41, 5.74) is 4.12. The number of hydrogen-bond donors (Lipinski definition) is 2. The molecule has 4 rings (SSSR count). The van der Waals surface area contributed by atoms with Gasteiger partial charge in [-0.3, -0.25) is 10.1 Å². The average molecular weight is 496 g/mol. The Bertz CT molecular complexity index is 1390. The minimum Gasteiger partial charge on any atom is -0.497 e. The lowest BCUT2D eigenvalue weighted by atomic mass is 10.1. The van der Waals surface area contributed by atoms with Crippen LogP contribution in [0.1, 0.15) is 22.8 Å². The summed E-state index contributed by atoms with van der Waals surface area (Å²) in [6.45, 7) is 4.27. The Hall–Kier alpha value is -3.62. The molecule has 2 N–H and O–H groups in total. The largest absolute Gasteiger partial charge is 0.497 e. The highest BCUT2D eigenvalue weighted by atomic mass is 35.5. The standard InChI is InChI=1S/C25H22ClN3O4S/c1-4-32-21-9-7-15(11-18(21)26)23(30)29-25(34)28-19-12-16(6-5-14(19)2)24-27-20-13-17(31-3)8-10-22(20)33-24/h5-13H,4H2,1-3H3,(H2,28,29,30,34). The number of nitrogens with one attached hydrogen (secondary N) is 2. The summed E-state index contributed by atoms with van der Waals surface area (Å²) in [6, 6.07) is 16.0. The molecule has 4 aromatic rings. The van der Waals surface area contributed by atoms with Crippen LogP contribution >= 0.6 is 23.8 Å². The number of oxazole rings is 1. The molecule has 0 atom stereocenters. The van der Waals surface area contributed by atoms with Crippen molar-refractivity contribution < 1.29 is 18.7 Å². The van der Waals surface area contributed by atoms with Gasteiger partial charge in [-0.25, -0.2) is 4.98 Å². The van der Waals surface area contributed by atoms with Crippen molar-refractivity contribution in [2.45, 2.75) is 13.8 Å². The van der Waals surface area contributed by atoms with Gasteiger partial charge in [0.25, 0.3) is 5.91 Å². The summed E-state index contributed by atoms with van der Waals surface area (Å²) in [7, 11) is 1.60. The van der Waals surface area contributed by atoms with Crippen LogP contribution in [0.25, 0.3) is 22.6 Å². The monoisotopic (exact) mass is 495 g/mol. The van der Waals surface area contributed by atoms with E-state index in [1.54, 1.807) is 25.3 Å². The molecule has 0 fully saturated rings. The van der Waals surface area contributed by atoms with Crippen molar-refractivity contribution in [1.29, 1.82) is 0 Å². The molecule has 1 aromatic heterocycles. The molecule has 0 bridgehead atoms. The molecule has 9 heteroatoms. The number of aromatic nitrogens is 1. The van der Waals surface area contributed by atoms with Crippen molar-refractivity contribution in [3.63, 3.8) is 0 Å². The van der Waals surface area contributed by atoms with Gasteiger partial charge in [0.1, 0.15) is 17.0 Å². The first-order chi connectivity index (χ1) is 16.4. The summed E-state index contributed by atoms with van der Waals surface area (Å²) < 4.78 is 16.5. The third-order valence-corrected chi connectivity index (χ3v) is 5.55. The molecular formula is C25H22ClN3O4S. The first kappa shape index (κ1) is 23.5. The van der Waals surface area contributed by atoms with Crippen LogP contribution in [0.5, 0.6) is 11.5 Å². The van der Waals surface area contributed by atoms with Gasteiger partial charge in [0, 0.05) is 22.9 Å². The van der Waals surface area contributed by atoms with Crippen LogP contribution in [-0.2, 0) is 0 Å². The van der Waals surface area contributed by atoms with Crippen molar-refractivity contribution in [2.24, 2.45) is 0 Å². The maximum atomic E-state index is 12.6. The third-order valence-electron chi connectivity index (χ3n) is 5.05. The van der Waals surface area contributed by atoms with Gasteiger partial charge in [-0.1, -0.05) is 17.7 Å². The molecule has 0 spiro atoms. The van der Waals surface area contributed by atoms with E-state index in [2.05, 4.69) is 15.6 Å². The Morgan fingerprint density at radius 1 is 1.15 bits per heavy atom. The van der Waals surface area contributed by atoms with Crippen LogP contribution in [0.4, 0.5) is 5.69 Å². The maximum absolute atomic E-state index is 12.6. The second-order valence-corrected chi connectivity index (χ2v) is 8.18. The summed E-state index contributed by atoms with van der Waals surface area (Å²) >= 11 is 11.5. The van der Waals surface area contributed by atoms with Crippen molar-refractivity contribution in [1.82, 2.24) is 10.3 Å². The Morgan fingerprint density at radius 2 is 1.97 bits per heavy atom. The molecule has 0 aliphatic rings. The van der Waals surface area contributed by atoms with Crippen LogP contribution in [0.3, 0.4) is 0 Å². The lowest BCUT2D eigenvalue weighted by molar-refractivity contribution is 0.0977. The normalized spacial score (nSPS) is 10.7. The molecule has 1 amide bonds. The molecule has 7 nitrogen and oxygen atoms in total. The smallest absolute Gasteiger partial charge is 0.257 e. The highest BCUT2D eigenvalue weighted by Crippen LogP contribution is 2.30. The molecule has 174 valence electrons. The zero-order valence-corrected chi connectivity index (χ0v) is 20.3. The molecule has 3 aromatic carbocycles. The maximum Gasteiger partial charge on any atom is 0.257 e. The van der Waals surface area contributed by atoms with Crippen molar-refractivity contribution in [3.05, 3.63) is 70.7 Å². The van der Waals surface area contributed by atoms with E-state index in [9.17, 15) is 4.79 Å². The number of hydrogen-bond acceptors (Lipinski definition) is 6. The second kappa shape index (κ2) is 10.1. The molecule has 34 heavy (non-hydrogen) atoms. The number of ether oxygens (including phenoxy) is 2. The van der Waals surface area contributed by atoms with Crippen LogP contribution in [0.15, 0.2) is 59.0 Å². The Labute approximate surface area is 207 Å². The summed E-state index contributed by atoms with van der Waals surface area (Å²) in [5.74, 6) is 1.30. The van der Waals surface area contributed by atoms with E-state index < -0.39 is 0 Å². The Balaban J connectivity index is 1.49. The minimum absolute atomic E-state index is 0.151. The van der Waals surface area contributed by atoms with Gasteiger partial charge in [-0.15, -0.1) is 0 Å². The van der Waals surface area contributed by atoms with Gasteiger partial charge in [-0.2, -0.15) is 0 Å². The van der Waals surface area contributed by atoms with Crippen LogP contribution in [-0.4, -0.2) is 29.7 Å². The highest BCUT2D eigenvalue weighted by Gasteiger charge is 2.14. The number of carbonyl (C=O) groups excluding carboxylic acids is 1. The Morgan fingerprint density at radius 3 is 2.71 bits per heavy atom. The fourth-order valence-corrected chi connectivity index (χ4v) is 3.73. The van der Waals surface area contributed by atoms with Gasteiger partial charge in [0.15, 0.2) is 10.7 Å². The fourth-order valence-electron chi connectivity index (χ4n) is 3.29. The van der Waals surface area contributed by atoms with Crippen LogP contribution in [0.2, 0.25) is 5.02 Å². The predicted molar refractivity (Wildman–Crippen MR) is 137 cm³/mol. The number of aryl methyl sites for hydroxylation is 1. The molecule has 0 saturated heterocycles. The zero-order valence-electron chi connectivity index (χ0n) is 18.8. The average Bonchev–Trinajstić information content (AvgIpc) is 3.25. The predicted octanol–water partition coefficient (Wildman–Crippen LogP) is 5.99. The number of carbonyl (C=O) groups is 1. The lowest BCUT2D eigenvalue weighted by Crippen LogP contribution is -2.34. The number of nitrogens with zero attached hydrogens (tertiary/aromatic N) is 1. The van der Waals surface area contributed by atoms with Gasteiger partial charge < -0.3 is 19.2 Å². The number of halogens is 1. The molecule has 0 unspecified atom stereocenters. The molecule has 1 heterocycles. The second-order valence-electron chi connectivity index (χ2n) is 7.37. The lowest BCUT2D eigenvalue weighted by Gasteiger charge is -2.13. The molecular weight excluding hydrogens is 474 g/mol. The number of anilines is 1. The summed E-state index contributed by atoms with van der Waals surface area (Å²) in [4.78, 5) is 17.2. The molecule has 0 saturated carbocycles. The molecule has 0 radical (unpaired) electrons. The number of benzene rings is 3. The SMILES string of the molecule is CCOc1ccc(C(=O)NC(=S)Nc2cc(-c3nc4cc(OC)ccc4o3)ccc2C)cc1Cl. The topological polar surface area (TPSA) is 85.6 Å². The van der Waals surface area contributed by atoms with E-state index in [0.29, 0.717) is 51.4 Å². The van der Waals surface area contributed by atoms with Crippen molar-refractivity contribution >= 4 is 51.6 Å². The molecule has 0 aliphatic carbocycles. The quantitative estimate of drug-likeness (QED) is 0.318. The number of methoxy groups -OCH3 is 1. The van der Waals surface area contributed by atoms with Crippen LogP contribution in [0, 0.1) is 6.92 Å². The summed E-state index contributed by atoms with van der Waals surface area (Å²) in [5, 5.41) is 6.25. The first-order valence-corrected chi connectivity index (χ1v) is 11.3. The van der Waals surface area contributed by atoms with Gasteiger partial charge >= 0.3 is 0 Å². The minimum atomic E-state index is -0.385. The first-order valence-electron chi connectivity index (χ1n) is 10.5. The number of amides is 1. The van der Waals surface area contributed by atoms with E-state index >= 15 is 0 Å². The third kappa shape index (κ3) is 5.13. The van der Waals surface area contributed by atoms with Crippen LogP contribution < -0.4 is 20.1 Å². The number of rotatable bonds is 6. The molecule has 0 aliphatic heterocycles. The van der Waals surface area contributed by atoms with E-state index in [0.717, 1.165) is 11.1 Å². The highest BCUT2D eigenvalue weighted by molar-refractivity contribution is 7.80. The van der Waals surface area contributed by atoms with Gasteiger partial charge in [0.2, 0.25) is 5.89 Å². The summed E-state index contributed by atoms with van der Waals surface area (Å²) in [6.07, 6.45) is 0. The van der Waals surface area contributed by atoms with E-state index in [1.807, 2.05) is 50.2 Å². The van der Waals surface area contributed by atoms with E-state index in [4.69, 9.17) is 37.7 Å².